The SMILES string of the molecule is COC(C)C1CC(OC(C)(C)C)CN1C(=O)OCc1ccccc1. The molecule has 2 rings (SSSR count). The first-order valence-electron chi connectivity index (χ1n) is 8.48. The van der Waals surface area contributed by atoms with Crippen molar-refractivity contribution in [3.05, 3.63) is 35.9 Å². The number of methoxy groups -OCH3 is 1. The topological polar surface area (TPSA) is 48.0 Å². The maximum atomic E-state index is 12.6. The molecule has 3 unspecified atom stereocenters. The summed E-state index contributed by atoms with van der Waals surface area (Å²) in [5.41, 5.74) is 0.735. The van der Waals surface area contributed by atoms with Crippen molar-refractivity contribution in [3.8, 4) is 0 Å². The average Bonchev–Trinajstić information content (AvgIpc) is 2.94. The second kappa shape index (κ2) is 7.99. The van der Waals surface area contributed by atoms with E-state index in [1.165, 1.54) is 0 Å². The van der Waals surface area contributed by atoms with Crippen molar-refractivity contribution in [2.45, 2.75) is 64.6 Å². The van der Waals surface area contributed by atoms with Crippen LogP contribution in [0.25, 0.3) is 0 Å². The highest BCUT2D eigenvalue weighted by molar-refractivity contribution is 5.68. The van der Waals surface area contributed by atoms with Crippen LogP contribution in [0.5, 0.6) is 0 Å². The van der Waals surface area contributed by atoms with E-state index in [1.54, 1.807) is 12.0 Å². The van der Waals surface area contributed by atoms with Crippen LogP contribution in [0.15, 0.2) is 30.3 Å². The van der Waals surface area contributed by atoms with Gasteiger partial charge in [-0.25, -0.2) is 4.79 Å². The van der Waals surface area contributed by atoms with Crippen LogP contribution < -0.4 is 0 Å². The fraction of sp³-hybridized carbons (Fsp3) is 0.632. The van der Waals surface area contributed by atoms with Crippen LogP contribution in [0, 0.1) is 0 Å². The van der Waals surface area contributed by atoms with Crippen LogP contribution in [-0.4, -0.2) is 48.5 Å². The zero-order valence-electron chi connectivity index (χ0n) is 15.3. The molecule has 1 aliphatic rings. The Balaban J connectivity index is 1.99. The molecule has 3 atom stereocenters. The van der Waals surface area contributed by atoms with Gasteiger partial charge in [0, 0.05) is 7.11 Å². The summed E-state index contributed by atoms with van der Waals surface area (Å²) in [6.07, 6.45) is 0.375. The molecule has 0 aromatic heterocycles. The summed E-state index contributed by atoms with van der Waals surface area (Å²) in [5.74, 6) is 0. The normalized spacial score (nSPS) is 22.5. The minimum atomic E-state index is -0.312. The summed E-state index contributed by atoms with van der Waals surface area (Å²) in [6, 6.07) is 9.65. The van der Waals surface area contributed by atoms with E-state index in [0.29, 0.717) is 6.54 Å². The number of nitrogens with zero attached hydrogens (tertiary/aromatic N) is 1. The number of rotatable bonds is 5. The molecular formula is C19H29NO4. The third-order valence-electron chi connectivity index (χ3n) is 4.18. The molecule has 1 saturated heterocycles. The highest BCUT2D eigenvalue weighted by atomic mass is 16.6. The van der Waals surface area contributed by atoms with E-state index >= 15 is 0 Å². The van der Waals surface area contributed by atoms with Crippen molar-refractivity contribution < 1.29 is 19.0 Å². The average molecular weight is 335 g/mol. The monoisotopic (exact) mass is 335 g/mol. The number of hydrogen-bond donors (Lipinski definition) is 0. The van der Waals surface area contributed by atoms with Crippen LogP contribution in [0.2, 0.25) is 0 Å². The van der Waals surface area contributed by atoms with Gasteiger partial charge in [-0.3, -0.25) is 4.90 Å². The summed E-state index contributed by atoms with van der Waals surface area (Å²) in [4.78, 5) is 14.3. The highest BCUT2D eigenvalue weighted by Gasteiger charge is 2.41. The van der Waals surface area contributed by atoms with Gasteiger partial charge in [-0.1, -0.05) is 30.3 Å². The van der Waals surface area contributed by atoms with Gasteiger partial charge in [-0.15, -0.1) is 0 Å². The fourth-order valence-electron chi connectivity index (χ4n) is 3.03. The first-order valence-corrected chi connectivity index (χ1v) is 8.48. The Morgan fingerprint density at radius 2 is 1.96 bits per heavy atom. The van der Waals surface area contributed by atoms with Gasteiger partial charge in [0.05, 0.1) is 30.4 Å². The van der Waals surface area contributed by atoms with Crippen LogP contribution in [0.3, 0.4) is 0 Å². The number of carbonyl (C=O) groups excluding carboxylic acids is 1. The van der Waals surface area contributed by atoms with Crippen molar-refractivity contribution in [2.75, 3.05) is 13.7 Å². The van der Waals surface area contributed by atoms with Crippen LogP contribution >= 0.6 is 0 Å². The van der Waals surface area contributed by atoms with E-state index in [1.807, 2.05) is 58.0 Å². The smallest absolute Gasteiger partial charge is 0.410 e. The predicted octanol–water partition coefficient (Wildman–Crippen LogP) is 3.62. The first-order chi connectivity index (χ1) is 11.3. The van der Waals surface area contributed by atoms with Crippen molar-refractivity contribution in [1.82, 2.24) is 4.90 Å². The van der Waals surface area contributed by atoms with Crippen LogP contribution in [-0.2, 0) is 20.8 Å². The van der Waals surface area contributed by atoms with Gasteiger partial charge in [-0.05, 0) is 39.7 Å². The maximum absolute atomic E-state index is 12.6. The second-order valence-corrected chi connectivity index (χ2v) is 7.29. The third-order valence-corrected chi connectivity index (χ3v) is 4.18. The molecule has 1 aromatic carbocycles. The van der Waals surface area contributed by atoms with Gasteiger partial charge in [0.15, 0.2) is 0 Å². The molecule has 134 valence electrons. The zero-order valence-corrected chi connectivity index (χ0v) is 15.3. The Bertz CT molecular complexity index is 526. The molecule has 5 heteroatoms. The first kappa shape index (κ1) is 18.7. The lowest BCUT2D eigenvalue weighted by Crippen LogP contribution is -2.42. The lowest BCUT2D eigenvalue weighted by atomic mass is 10.1. The van der Waals surface area contributed by atoms with Crippen molar-refractivity contribution in [1.29, 1.82) is 0 Å². The van der Waals surface area contributed by atoms with Crippen LogP contribution in [0.4, 0.5) is 4.79 Å². The molecule has 1 aliphatic heterocycles. The van der Waals surface area contributed by atoms with E-state index in [9.17, 15) is 4.79 Å². The number of amides is 1. The van der Waals surface area contributed by atoms with E-state index in [-0.39, 0.29) is 36.6 Å². The molecule has 1 aromatic rings. The Morgan fingerprint density at radius 3 is 2.54 bits per heavy atom. The quantitative estimate of drug-likeness (QED) is 0.825. The molecule has 24 heavy (non-hydrogen) atoms. The summed E-state index contributed by atoms with van der Waals surface area (Å²) in [5, 5.41) is 0. The molecule has 0 radical (unpaired) electrons. The van der Waals surface area contributed by atoms with Gasteiger partial charge in [0.1, 0.15) is 6.61 Å². The summed E-state index contributed by atoms with van der Waals surface area (Å²) >= 11 is 0. The number of carbonyl (C=O) groups is 1. The van der Waals surface area contributed by atoms with E-state index in [2.05, 4.69) is 0 Å². The van der Waals surface area contributed by atoms with Crippen molar-refractivity contribution in [3.63, 3.8) is 0 Å². The van der Waals surface area contributed by atoms with E-state index in [0.717, 1.165) is 12.0 Å². The number of benzene rings is 1. The molecule has 1 amide bonds. The predicted molar refractivity (Wildman–Crippen MR) is 92.8 cm³/mol. The number of ether oxygens (including phenoxy) is 3. The van der Waals surface area contributed by atoms with Crippen LogP contribution in [0.1, 0.15) is 39.7 Å². The molecule has 1 fully saturated rings. The summed E-state index contributed by atoms with van der Waals surface area (Å²) in [6.45, 7) is 8.86. The fourth-order valence-corrected chi connectivity index (χ4v) is 3.03. The van der Waals surface area contributed by atoms with E-state index < -0.39 is 0 Å². The number of likely N-dealkylation sites (tertiary alicyclic amines) is 1. The van der Waals surface area contributed by atoms with Gasteiger partial charge in [0.25, 0.3) is 0 Å². The minimum Gasteiger partial charge on any atom is -0.445 e. The largest absolute Gasteiger partial charge is 0.445 e. The standard InChI is InChI=1S/C19H29NO4/c1-14(22-5)17-11-16(24-19(2,3)4)12-20(17)18(21)23-13-15-9-7-6-8-10-15/h6-10,14,16-17H,11-13H2,1-5H3. The lowest BCUT2D eigenvalue weighted by Gasteiger charge is -2.27. The van der Waals surface area contributed by atoms with Crippen molar-refractivity contribution >= 4 is 6.09 Å². The van der Waals surface area contributed by atoms with Gasteiger partial charge < -0.3 is 14.2 Å². The molecule has 0 aliphatic carbocycles. The minimum absolute atomic E-state index is 0.00289. The molecule has 0 bridgehead atoms. The maximum Gasteiger partial charge on any atom is 0.410 e. The number of hydrogen-bond acceptors (Lipinski definition) is 4. The molecule has 0 N–H and O–H groups in total. The highest BCUT2D eigenvalue weighted by Crippen LogP contribution is 2.28. The lowest BCUT2D eigenvalue weighted by molar-refractivity contribution is -0.0545. The van der Waals surface area contributed by atoms with Gasteiger partial charge >= 0.3 is 6.09 Å². The Labute approximate surface area is 144 Å². The molecule has 5 nitrogen and oxygen atoms in total. The van der Waals surface area contributed by atoms with Crippen molar-refractivity contribution in [2.24, 2.45) is 0 Å². The molecule has 0 saturated carbocycles. The second-order valence-electron chi connectivity index (χ2n) is 7.29. The Morgan fingerprint density at radius 1 is 1.29 bits per heavy atom. The van der Waals surface area contributed by atoms with E-state index in [4.69, 9.17) is 14.2 Å². The molecule has 1 heterocycles. The summed E-state index contributed by atoms with van der Waals surface area (Å²) in [7, 11) is 1.66. The molecule has 0 spiro atoms. The third kappa shape index (κ3) is 5.21. The Kier molecular flexibility index (Phi) is 6.24. The Hall–Kier alpha value is -1.59. The van der Waals surface area contributed by atoms with Gasteiger partial charge in [-0.2, -0.15) is 0 Å². The molecular weight excluding hydrogens is 306 g/mol. The van der Waals surface area contributed by atoms with Gasteiger partial charge in [0.2, 0.25) is 0 Å². The summed E-state index contributed by atoms with van der Waals surface area (Å²) < 4.78 is 17.0. The zero-order chi connectivity index (χ0) is 17.7.